The second kappa shape index (κ2) is 10.1. The first-order valence-electron chi connectivity index (χ1n) is 9.21. The molecule has 0 unspecified atom stereocenters. The zero-order valence-electron chi connectivity index (χ0n) is 16.0. The van der Waals surface area contributed by atoms with Crippen LogP contribution in [0.5, 0.6) is 0 Å². The fourth-order valence-corrected chi connectivity index (χ4v) is 2.71. The first-order valence-corrected chi connectivity index (χ1v) is 9.21. The molecule has 1 fully saturated rings. The number of hydrogen-bond acceptors (Lipinski definition) is 5. The lowest BCUT2D eigenvalue weighted by Gasteiger charge is -2.29. The van der Waals surface area contributed by atoms with E-state index in [-0.39, 0.29) is 18.4 Å². The number of hydrogen-bond donors (Lipinski definition) is 2. The van der Waals surface area contributed by atoms with Crippen molar-refractivity contribution in [1.82, 2.24) is 10.2 Å². The first-order chi connectivity index (χ1) is 12.5. The minimum Gasteiger partial charge on any atom is -0.378 e. The van der Waals surface area contributed by atoms with Crippen LogP contribution in [0.3, 0.4) is 0 Å². The second-order valence-corrected chi connectivity index (χ2v) is 6.58. The topological polar surface area (TPSA) is 73.9 Å². The van der Waals surface area contributed by atoms with Gasteiger partial charge in [0.2, 0.25) is 11.8 Å². The fraction of sp³-hybridized carbons (Fsp3) is 0.579. The van der Waals surface area contributed by atoms with Crippen molar-refractivity contribution in [1.29, 1.82) is 0 Å². The van der Waals surface area contributed by atoms with E-state index in [1.165, 1.54) is 0 Å². The second-order valence-electron chi connectivity index (χ2n) is 6.58. The monoisotopic (exact) mass is 362 g/mol. The molecule has 2 amide bonds. The van der Waals surface area contributed by atoms with Crippen molar-refractivity contribution >= 4 is 23.2 Å². The summed E-state index contributed by atoms with van der Waals surface area (Å²) in [6, 6.07) is 7.43. The highest BCUT2D eigenvalue weighted by atomic mass is 16.5. The average Bonchev–Trinajstić information content (AvgIpc) is 2.67. The minimum atomic E-state index is -0.402. The fourth-order valence-electron chi connectivity index (χ4n) is 2.71. The van der Waals surface area contributed by atoms with Gasteiger partial charge in [-0.25, -0.2) is 0 Å². The molecule has 1 aliphatic heterocycles. The van der Waals surface area contributed by atoms with Gasteiger partial charge in [0, 0.05) is 31.0 Å². The van der Waals surface area contributed by atoms with Gasteiger partial charge in [-0.05, 0) is 44.7 Å². The largest absolute Gasteiger partial charge is 0.378 e. The van der Waals surface area contributed by atoms with Crippen LogP contribution in [0.25, 0.3) is 0 Å². The average molecular weight is 362 g/mol. The molecular formula is C19H30N4O3. The van der Waals surface area contributed by atoms with E-state index in [1.54, 1.807) is 18.9 Å². The Morgan fingerprint density at radius 3 is 2.50 bits per heavy atom. The highest BCUT2D eigenvalue weighted by molar-refractivity contribution is 5.95. The third-order valence-corrected chi connectivity index (χ3v) is 4.52. The van der Waals surface area contributed by atoms with Crippen molar-refractivity contribution < 1.29 is 14.3 Å². The maximum absolute atomic E-state index is 12.4. The molecule has 0 aromatic heterocycles. The number of carbonyl (C=O) groups excluding carboxylic acids is 2. The summed E-state index contributed by atoms with van der Waals surface area (Å²) >= 11 is 0. The van der Waals surface area contributed by atoms with E-state index in [4.69, 9.17) is 4.74 Å². The summed E-state index contributed by atoms with van der Waals surface area (Å²) in [6.07, 6.45) is 0.895. The summed E-state index contributed by atoms with van der Waals surface area (Å²) in [7, 11) is 1.78. The molecule has 2 rings (SSSR count). The number of rotatable bonds is 8. The van der Waals surface area contributed by atoms with Gasteiger partial charge in [0.1, 0.15) is 0 Å². The number of amides is 2. The normalized spacial score (nSPS) is 15.6. The smallest absolute Gasteiger partial charge is 0.241 e. The Bertz CT molecular complexity index is 585. The van der Waals surface area contributed by atoms with Crippen LogP contribution in [-0.2, 0) is 14.3 Å². The number of carbonyl (C=O) groups is 2. The number of morpholine rings is 1. The number of nitrogens with zero attached hydrogens (tertiary/aromatic N) is 2. The van der Waals surface area contributed by atoms with Crippen LogP contribution >= 0.6 is 0 Å². The molecule has 0 radical (unpaired) electrons. The molecule has 26 heavy (non-hydrogen) atoms. The number of anilines is 2. The molecule has 1 aliphatic rings. The lowest BCUT2D eigenvalue weighted by molar-refractivity contribution is -0.124. The Hall–Kier alpha value is -2.12. The molecular weight excluding hydrogens is 332 g/mol. The van der Waals surface area contributed by atoms with Gasteiger partial charge >= 0.3 is 0 Å². The Morgan fingerprint density at radius 1 is 1.23 bits per heavy atom. The molecule has 0 aliphatic carbocycles. The zero-order valence-corrected chi connectivity index (χ0v) is 16.0. The van der Waals surface area contributed by atoms with Gasteiger partial charge in [0.15, 0.2) is 0 Å². The van der Waals surface area contributed by atoms with E-state index < -0.39 is 6.04 Å². The molecule has 1 aromatic carbocycles. The first kappa shape index (κ1) is 20.2. The highest BCUT2D eigenvalue weighted by Crippen LogP contribution is 2.19. The van der Waals surface area contributed by atoms with E-state index in [2.05, 4.69) is 15.5 Å². The molecule has 1 saturated heterocycles. The molecule has 7 heteroatoms. The summed E-state index contributed by atoms with van der Waals surface area (Å²) in [4.78, 5) is 28.2. The number of nitrogens with one attached hydrogen (secondary N) is 2. The van der Waals surface area contributed by atoms with Crippen LogP contribution in [0.15, 0.2) is 24.3 Å². The van der Waals surface area contributed by atoms with Gasteiger partial charge in [-0.1, -0.05) is 6.92 Å². The summed E-state index contributed by atoms with van der Waals surface area (Å²) in [5.41, 5.74) is 1.88. The minimum absolute atomic E-state index is 0.0659. The van der Waals surface area contributed by atoms with Crippen LogP contribution in [0.2, 0.25) is 0 Å². The third-order valence-electron chi connectivity index (χ3n) is 4.52. The van der Waals surface area contributed by atoms with Crippen LogP contribution in [-0.4, -0.2) is 69.2 Å². The van der Waals surface area contributed by atoms with E-state index in [9.17, 15) is 9.59 Å². The molecule has 1 heterocycles. The van der Waals surface area contributed by atoms with E-state index in [1.807, 2.05) is 31.2 Å². The molecule has 144 valence electrons. The van der Waals surface area contributed by atoms with Crippen molar-refractivity contribution in [2.75, 3.05) is 56.7 Å². The van der Waals surface area contributed by atoms with Gasteiger partial charge in [0.05, 0.1) is 25.8 Å². The molecule has 0 bridgehead atoms. The van der Waals surface area contributed by atoms with Gasteiger partial charge in [0.25, 0.3) is 0 Å². The van der Waals surface area contributed by atoms with Crippen LogP contribution in [0, 0.1) is 0 Å². The van der Waals surface area contributed by atoms with Crippen molar-refractivity contribution in [2.24, 2.45) is 0 Å². The van der Waals surface area contributed by atoms with Gasteiger partial charge in [-0.3, -0.25) is 14.5 Å². The Kier molecular flexibility index (Phi) is 7.87. The van der Waals surface area contributed by atoms with Crippen LogP contribution < -0.4 is 15.5 Å². The molecule has 7 nitrogen and oxygen atoms in total. The van der Waals surface area contributed by atoms with Crippen LogP contribution in [0.4, 0.5) is 11.4 Å². The predicted molar refractivity (Wildman–Crippen MR) is 103 cm³/mol. The summed E-state index contributed by atoms with van der Waals surface area (Å²) < 4.78 is 5.36. The van der Waals surface area contributed by atoms with Crippen molar-refractivity contribution in [2.45, 2.75) is 26.3 Å². The molecule has 1 aromatic rings. The van der Waals surface area contributed by atoms with Crippen molar-refractivity contribution in [3.05, 3.63) is 24.3 Å². The Balaban J connectivity index is 1.84. The van der Waals surface area contributed by atoms with Gasteiger partial charge < -0.3 is 20.3 Å². The van der Waals surface area contributed by atoms with Gasteiger partial charge in [-0.15, -0.1) is 0 Å². The molecule has 0 saturated carbocycles. The maximum atomic E-state index is 12.4. The van der Waals surface area contributed by atoms with Crippen molar-refractivity contribution in [3.8, 4) is 0 Å². The molecule has 1 atom stereocenters. The van der Waals surface area contributed by atoms with Gasteiger partial charge in [-0.2, -0.15) is 0 Å². The number of benzene rings is 1. The standard InChI is InChI=1S/C19H30N4O3/c1-4-9-20-18(24)14-22(3)15(2)19(25)21-16-5-7-17(8-6-16)23-10-12-26-13-11-23/h5-8,15H,4,9-14H2,1-3H3,(H,20,24)(H,21,25)/t15-/m1/s1. The molecule has 2 N–H and O–H groups in total. The quantitative estimate of drug-likeness (QED) is 0.729. The van der Waals surface area contributed by atoms with E-state index in [0.29, 0.717) is 6.54 Å². The van der Waals surface area contributed by atoms with Crippen molar-refractivity contribution in [3.63, 3.8) is 0 Å². The SMILES string of the molecule is CCCNC(=O)CN(C)[C@H](C)C(=O)Nc1ccc(N2CCOCC2)cc1. The maximum Gasteiger partial charge on any atom is 0.241 e. The third kappa shape index (κ3) is 6.00. The molecule has 0 spiro atoms. The number of ether oxygens (including phenoxy) is 1. The lowest BCUT2D eigenvalue weighted by atomic mass is 10.2. The van der Waals surface area contributed by atoms with E-state index in [0.717, 1.165) is 44.1 Å². The summed E-state index contributed by atoms with van der Waals surface area (Å²) in [6.45, 7) is 7.91. The summed E-state index contributed by atoms with van der Waals surface area (Å²) in [5, 5.41) is 5.73. The summed E-state index contributed by atoms with van der Waals surface area (Å²) in [5.74, 6) is -0.196. The predicted octanol–water partition coefficient (Wildman–Crippen LogP) is 1.31. The number of likely N-dealkylation sites (N-methyl/N-ethyl adjacent to an activating group) is 1. The van der Waals surface area contributed by atoms with E-state index >= 15 is 0 Å². The Morgan fingerprint density at radius 2 is 1.88 bits per heavy atom. The highest BCUT2D eigenvalue weighted by Gasteiger charge is 2.20. The lowest BCUT2D eigenvalue weighted by Crippen LogP contribution is -2.44. The zero-order chi connectivity index (χ0) is 18.9. The van der Waals surface area contributed by atoms with Crippen LogP contribution in [0.1, 0.15) is 20.3 Å². The Labute approximate surface area is 155 Å².